The number of ether oxygens (including phenoxy) is 2. The lowest BCUT2D eigenvalue weighted by molar-refractivity contribution is -0.0145. The smallest absolute Gasteiger partial charge is 0.410 e. The second kappa shape index (κ2) is 10.2. The molecule has 1 saturated heterocycles. The van der Waals surface area contributed by atoms with Gasteiger partial charge in [0, 0.05) is 18.3 Å². The summed E-state index contributed by atoms with van der Waals surface area (Å²) in [6.07, 6.45) is 3.12. The number of benzene rings is 1. The highest BCUT2D eigenvalue weighted by Gasteiger charge is 2.37. The Morgan fingerprint density at radius 1 is 1.23 bits per heavy atom. The van der Waals surface area contributed by atoms with Gasteiger partial charge in [-0.1, -0.05) is 29.8 Å². The third kappa shape index (κ3) is 6.02. The largest absolute Gasteiger partial charge is 0.750 e. The van der Waals surface area contributed by atoms with Crippen LogP contribution in [0.5, 0.6) is 5.88 Å². The minimum atomic E-state index is -2.62. The predicted molar refractivity (Wildman–Crippen MR) is 131 cm³/mol. The first-order valence-corrected chi connectivity index (χ1v) is 12.9. The van der Waals surface area contributed by atoms with E-state index in [1.54, 1.807) is 4.90 Å². The van der Waals surface area contributed by atoms with Crippen LogP contribution < -0.4 is 4.74 Å². The number of carbonyl (C=O) groups excluding carboxylic acids is 1. The molecule has 1 aliphatic heterocycles. The monoisotopic (exact) mass is 501 g/mol. The van der Waals surface area contributed by atoms with E-state index in [1.807, 2.05) is 65.1 Å². The van der Waals surface area contributed by atoms with E-state index in [9.17, 15) is 13.6 Å². The van der Waals surface area contributed by atoms with Gasteiger partial charge in [-0.3, -0.25) is 4.18 Å². The van der Waals surface area contributed by atoms with Gasteiger partial charge >= 0.3 is 6.09 Å². The third-order valence-electron chi connectivity index (χ3n) is 6.65. The van der Waals surface area contributed by atoms with Gasteiger partial charge in [0.05, 0.1) is 17.4 Å². The van der Waals surface area contributed by atoms with E-state index in [1.165, 1.54) is 0 Å². The highest BCUT2D eigenvalue weighted by atomic mass is 32.2. The van der Waals surface area contributed by atoms with Crippen LogP contribution in [0.4, 0.5) is 4.79 Å². The molecule has 190 valence electrons. The Labute approximate surface area is 209 Å². The molecule has 0 bridgehead atoms. The van der Waals surface area contributed by atoms with E-state index in [0.29, 0.717) is 31.9 Å². The van der Waals surface area contributed by atoms with Gasteiger partial charge in [-0.15, -0.1) is 0 Å². The summed E-state index contributed by atoms with van der Waals surface area (Å²) in [6.45, 7) is 10.5. The Bertz CT molecular complexity index is 1100. The number of carbonyl (C=O) groups is 1. The fraction of sp³-hybridized carbons (Fsp3) is 0.538. The lowest BCUT2D eigenvalue weighted by Crippen LogP contribution is -2.55. The van der Waals surface area contributed by atoms with E-state index < -0.39 is 23.1 Å². The second-order valence-corrected chi connectivity index (χ2v) is 11.0. The molecule has 9 heteroatoms. The Hall–Kier alpha value is -2.49. The SMILES string of the molecule is Cc1ccc(C(OS(=O)[O-])C2Cc3cnc(OC[C@@H]4CCN4C(=O)OC(C)(C)C)c(C)c3C2)cc1. The number of rotatable bonds is 7. The Kier molecular flexibility index (Phi) is 7.49. The van der Waals surface area contributed by atoms with Crippen molar-refractivity contribution in [3.63, 3.8) is 0 Å². The van der Waals surface area contributed by atoms with Crippen LogP contribution >= 0.6 is 0 Å². The fourth-order valence-electron chi connectivity index (χ4n) is 4.71. The number of pyridine rings is 1. The average molecular weight is 502 g/mol. The van der Waals surface area contributed by atoms with Crippen molar-refractivity contribution >= 4 is 17.5 Å². The van der Waals surface area contributed by atoms with Crippen LogP contribution in [0.1, 0.15) is 61.1 Å². The molecule has 0 radical (unpaired) electrons. The normalized spacial score (nSPS) is 21.1. The van der Waals surface area contributed by atoms with Gasteiger partial charge in [-0.25, -0.2) is 14.0 Å². The molecule has 4 rings (SSSR count). The van der Waals surface area contributed by atoms with Gasteiger partial charge in [-0.05, 0) is 76.5 Å². The first-order valence-electron chi connectivity index (χ1n) is 11.9. The molecule has 3 unspecified atom stereocenters. The lowest BCUT2D eigenvalue weighted by atomic mass is 9.92. The third-order valence-corrected chi connectivity index (χ3v) is 7.01. The molecule has 1 aromatic heterocycles. The summed E-state index contributed by atoms with van der Waals surface area (Å²) in [5.74, 6) is 0.510. The summed E-state index contributed by atoms with van der Waals surface area (Å²) in [5.41, 5.74) is 4.55. The van der Waals surface area contributed by atoms with Crippen molar-refractivity contribution in [2.45, 2.75) is 71.6 Å². The summed E-state index contributed by atoms with van der Waals surface area (Å²) >= 11 is -2.62. The topological polar surface area (TPSA) is 101 Å². The first kappa shape index (κ1) is 25.6. The van der Waals surface area contributed by atoms with Crippen molar-refractivity contribution in [3.8, 4) is 5.88 Å². The first-order chi connectivity index (χ1) is 16.5. The van der Waals surface area contributed by atoms with Crippen molar-refractivity contribution in [3.05, 3.63) is 58.3 Å². The molecule has 1 amide bonds. The number of nitrogens with zero attached hydrogens (tertiary/aromatic N) is 2. The van der Waals surface area contributed by atoms with Gasteiger partial charge in [0.15, 0.2) is 0 Å². The maximum absolute atomic E-state index is 12.4. The highest BCUT2D eigenvalue weighted by molar-refractivity contribution is 7.74. The zero-order chi connectivity index (χ0) is 25.3. The molecule has 0 saturated carbocycles. The van der Waals surface area contributed by atoms with Crippen LogP contribution in [0.3, 0.4) is 0 Å². The minimum absolute atomic E-state index is 0.0318. The van der Waals surface area contributed by atoms with Crippen LogP contribution in [0.25, 0.3) is 0 Å². The molecule has 1 fully saturated rings. The number of aromatic nitrogens is 1. The number of hydrogen-bond donors (Lipinski definition) is 0. The average Bonchev–Trinajstić information content (AvgIpc) is 3.17. The van der Waals surface area contributed by atoms with Gasteiger partial charge in [0.25, 0.3) is 0 Å². The number of aryl methyl sites for hydroxylation is 1. The van der Waals surface area contributed by atoms with Gasteiger partial charge in [0.2, 0.25) is 5.88 Å². The molecule has 8 nitrogen and oxygen atoms in total. The summed E-state index contributed by atoms with van der Waals surface area (Å²) < 4.78 is 39.8. The number of likely N-dealkylation sites (tertiary alicyclic amines) is 1. The van der Waals surface area contributed by atoms with Crippen molar-refractivity contribution in [1.29, 1.82) is 0 Å². The predicted octanol–water partition coefficient (Wildman–Crippen LogP) is 4.35. The molecule has 1 aromatic carbocycles. The van der Waals surface area contributed by atoms with E-state index in [0.717, 1.165) is 34.2 Å². The van der Waals surface area contributed by atoms with E-state index in [4.69, 9.17) is 13.7 Å². The van der Waals surface area contributed by atoms with Crippen molar-refractivity contribution < 1.29 is 27.2 Å². The molecule has 4 atom stereocenters. The van der Waals surface area contributed by atoms with Crippen molar-refractivity contribution in [1.82, 2.24) is 9.88 Å². The summed E-state index contributed by atoms with van der Waals surface area (Å²) in [5, 5.41) is 0. The summed E-state index contributed by atoms with van der Waals surface area (Å²) in [7, 11) is 0. The molecule has 2 heterocycles. The molecular formula is C26H33N2O6S-. The zero-order valence-corrected chi connectivity index (χ0v) is 21.7. The van der Waals surface area contributed by atoms with E-state index in [-0.39, 0.29) is 18.1 Å². The molecule has 0 spiro atoms. The molecule has 2 aliphatic rings. The Morgan fingerprint density at radius 2 is 1.94 bits per heavy atom. The molecule has 1 aliphatic carbocycles. The maximum atomic E-state index is 12.4. The van der Waals surface area contributed by atoms with Crippen LogP contribution in [0, 0.1) is 19.8 Å². The standard InChI is InChI=1S/C26H34N2O6S/c1-16-6-8-18(9-7-16)23(34-35(30)31)19-12-20-14-27-24(17(2)22(20)13-19)32-15-21-10-11-28(21)25(29)33-26(3,4)5/h6-9,14,19,21,23H,10-13,15H2,1-5H3,(H,30,31)/p-1/t19?,21-,23?/m0/s1. The second-order valence-electron chi connectivity index (χ2n) is 10.4. The Balaban J connectivity index is 1.43. The van der Waals surface area contributed by atoms with Crippen LogP contribution in [0.15, 0.2) is 30.5 Å². The highest BCUT2D eigenvalue weighted by Crippen LogP contribution is 2.40. The van der Waals surface area contributed by atoms with Crippen LogP contribution in [-0.2, 0) is 33.1 Å². The van der Waals surface area contributed by atoms with Gasteiger partial charge in [-0.2, -0.15) is 0 Å². The van der Waals surface area contributed by atoms with Gasteiger partial charge < -0.3 is 18.9 Å². The number of amides is 1. The Morgan fingerprint density at radius 3 is 2.54 bits per heavy atom. The zero-order valence-electron chi connectivity index (χ0n) is 20.9. The minimum Gasteiger partial charge on any atom is -0.750 e. The summed E-state index contributed by atoms with van der Waals surface area (Å²) in [6, 6.07) is 7.72. The number of hydrogen-bond acceptors (Lipinski definition) is 7. The number of fused-ring (bicyclic) bond motifs is 1. The molecular weight excluding hydrogens is 468 g/mol. The summed E-state index contributed by atoms with van der Waals surface area (Å²) in [4.78, 5) is 18.6. The van der Waals surface area contributed by atoms with E-state index in [2.05, 4.69) is 4.98 Å². The van der Waals surface area contributed by atoms with Crippen LogP contribution in [0.2, 0.25) is 0 Å². The van der Waals surface area contributed by atoms with Crippen molar-refractivity contribution in [2.24, 2.45) is 5.92 Å². The van der Waals surface area contributed by atoms with Crippen molar-refractivity contribution in [2.75, 3.05) is 13.2 Å². The quantitative estimate of drug-likeness (QED) is 0.520. The maximum Gasteiger partial charge on any atom is 0.410 e. The molecule has 0 N–H and O–H groups in total. The van der Waals surface area contributed by atoms with Gasteiger partial charge in [0.1, 0.15) is 18.3 Å². The molecule has 2 aromatic rings. The fourth-order valence-corrected chi connectivity index (χ4v) is 5.15. The molecule has 35 heavy (non-hydrogen) atoms. The lowest BCUT2D eigenvalue weighted by Gasteiger charge is -2.40. The van der Waals surface area contributed by atoms with E-state index >= 15 is 0 Å². The van der Waals surface area contributed by atoms with Crippen LogP contribution in [-0.4, -0.2) is 49.5 Å².